The van der Waals surface area contributed by atoms with Crippen LogP contribution in [0.2, 0.25) is 0 Å². The van der Waals surface area contributed by atoms with Crippen LogP contribution in [-0.2, 0) is 6.42 Å². The summed E-state index contributed by atoms with van der Waals surface area (Å²) in [5.41, 5.74) is 16.5. The number of aromatic nitrogens is 2. The number of hydrogen-bond donors (Lipinski definition) is 0. The molecule has 4 heteroatoms. The molecule has 282 valence electrons. The Morgan fingerprint density at radius 2 is 0.831 bits per heavy atom. The van der Waals surface area contributed by atoms with Gasteiger partial charge in [-0.1, -0.05) is 97.1 Å². The van der Waals surface area contributed by atoms with Crippen molar-refractivity contribution in [3.05, 3.63) is 223 Å². The summed E-state index contributed by atoms with van der Waals surface area (Å²) in [5, 5.41) is 3.86. The molecular formula is C55H42N4. The molecule has 0 saturated carbocycles. The summed E-state index contributed by atoms with van der Waals surface area (Å²) in [4.78, 5) is 4.71. The summed E-state index contributed by atoms with van der Waals surface area (Å²) >= 11 is 0. The van der Waals surface area contributed by atoms with E-state index in [2.05, 4.69) is 238 Å². The first-order valence-corrected chi connectivity index (χ1v) is 20.5. The molecule has 1 aliphatic carbocycles. The van der Waals surface area contributed by atoms with Gasteiger partial charge in [-0.25, -0.2) is 0 Å². The van der Waals surface area contributed by atoms with Crippen LogP contribution in [0, 0.1) is 6.92 Å². The molecule has 2 heterocycles. The molecule has 0 N–H and O–H groups in total. The van der Waals surface area contributed by atoms with E-state index in [1.807, 2.05) is 0 Å². The fourth-order valence-electron chi connectivity index (χ4n) is 9.18. The van der Waals surface area contributed by atoms with Gasteiger partial charge in [0, 0.05) is 67.4 Å². The van der Waals surface area contributed by atoms with E-state index in [1.54, 1.807) is 0 Å². The van der Waals surface area contributed by atoms with Crippen LogP contribution in [0.3, 0.4) is 0 Å². The Morgan fingerprint density at radius 1 is 0.390 bits per heavy atom. The molecule has 8 aromatic carbocycles. The van der Waals surface area contributed by atoms with Crippen molar-refractivity contribution in [2.45, 2.75) is 19.8 Å². The predicted octanol–water partition coefficient (Wildman–Crippen LogP) is 14.9. The van der Waals surface area contributed by atoms with Crippen LogP contribution in [0.1, 0.15) is 23.2 Å². The van der Waals surface area contributed by atoms with Crippen molar-refractivity contribution in [2.75, 3.05) is 9.80 Å². The van der Waals surface area contributed by atoms with E-state index in [0.717, 1.165) is 58.3 Å². The van der Waals surface area contributed by atoms with Crippen molar-refractivity contribution in [3.8, 4) is 11.4 Å². The van der Waals surface area contributed by atoms with Crippen molar-refractivity contribution in [3.63, 3.8) is 0 Å². The number of hydrogen-bond acceptors (Lipinski definition) is 2. The van der Waals surface area contributed by atoms with Gasteiger partial charge in [0.15, 0.2) is 0 Å². The SMILES string of the molecule is Cc1ccccc1N(c1ccccc1)c1ccc(N(c2ccc(-n3c4c(c5ccccc53)CCC=C4)cc2)c2ccc(-n3c4ccccc4c4ccccc43)cc2)cc1. The molecule has 0 amide bonds. The molecule has 0 bridgehead atoms. The maximum Gasteiger partial charge on any atom is 0.0541 e. The third-order valence-corrected chi connectivity index (χ3v) is 11.9. The van der Waals surface area contributed by atoms with Gasteiger partial charge in [0.1, 0.15) is 0 Å². The quantitative estimate of drug-likeness (QED) is 0.153. The zero-order valence-electron chi connectivity index (χ0n) is 32.9. The van der Waals surface area contributed by atoms with E-state index >= 15 is 0 Å². The van der Waals surface area contributed by atoms with Crippen LogP contribution in [0.15, 0.2) is 206 Å². The highest BCUT2D eigenvalue weighted by Gasteiger charge is 2.21. The van der Waals surface area contributed by atoms with Gasteiger partial charge in [-0.2, -0.15) is 0 Å². The molecule has 11 rings (SSSR count). The largest absolute Gasteiger partial charge is 0.310 e. The van der Waals surface area contributed by atoms with Crippen molar-refractivity contribution in [2.24, 2.45) is 0 Å². The lowest BCUT2D eigenvalue weighted by atomic mass is 10.0. The van der Waals surface area contributed by atoms with Crippen LogP contribution < -0.4 is 9.80 Å². The topological polar surface area (TPSA) is 16.3 Å². The highest BCUT2D eigenvalue weighted by atomic mass is 15.2. The first kappa shape index (κ1) is 34.7. The summed E-state index contributed by atoms with van der Waals surface area (Å²) in [6.45, 7) is 2.18. The molecule has 0 aliphatic heterocycles. The van der Waals surface area contributed by atoms with Crippen molar-refractivity contribution in [1.82, 2.24) is 9.13 Å². The third-order valence-electron chi connectivity index (χ3n) is 11.9. The van der Waals surface area contributed by atoms with Gasteiger partial charge in [0.2, 0.25) is 0 Å². The van der Waals surface area contributed by atoms with Gasteiger partial charge < -0.3 is 18.9 Å². The Morgan fingerprint density at radius 3 is 1.42 bits per heavy atom. The molecule has 59 heavy (non-hydrogen) atoms. The Labute approximate surface area is 344 Å². The molecule has 2 aromatic heterocycles. The second kappa shape index (κ2) is 14.4. The minimum atomic E-state index is 1.07. The van der Waals surface area contributed by atoms with E-state index in [-0.39, 0.29) is 0 Å². The summed E-state index contributed by atoms with van der Waals surface area (Å²) in [6, 6.07) is 72.5. The molecule has 4 nitrogen and oxygen atoms in total. The van der Waals surface area contributed by atoms with E-state index in [9.17, 15) is 0 Å². The molecule has 0 spiro atoms. The second-order valence-electron chi connectivity index (χ2n) is 15.4. The number of fused-ring (bicyclic) bond motifs is 6. The zero-order valence-corrected chi connectivity index (χ0v) is 32.9. The monoisotopic (exact) mass is 758 g/mol. The molecule has 0 atom stereocenters. The molecule has 0 saturated heterocycles. The molecule has 1 aliphatic rings. The maximum absolute atomic E-state index is 2.42. The van der Waals surface area contributed by atoms with Crippen molar-refractivity contribution in [1.29, 1.82) is 0 Å². The van der Waals surface area contributed by atoms with Crippen LogP contribution in [-0.4, -0.2) is 9.13 Å². The molecule has 0 fully saturated rings. The predicted molar refractivity (Wildman–Crippen MR) is 249 cm³/mol. The number of anilines is 6. The van der Waals surface area contributed by atoms with Crippen LogP contribution >= 0.6 is 0 Å². The lowest BCUT2D eigenvalue weighted by molar-refractivity contribution is 0.967. The standard InChI is InChI=1S/C55H42N4/c1-39-15-5-10-22-51(39)57(40-16-3-2-4-17-40)44-33-27-41(28-34-44)56(42-29-35-45(36-30-42)58-52-23-11-6-18-47(52)48-19-7-12-24-53(48)58)43-31-37-46(38-32-43)59-54-25-13-8-20-49(54)50-21-9-14-26-55(50)59/h2-8,10-20,22-38H,9,21H2,1H3. The Bertz CT molecular complexity index is 3100. The van der Waals surface area contributed by atoms with Crippen LogP contribution in [0.25, 0.3) is 50.2 Å². The van der Waals surface area contributed by atoms with E-state index in [1.165, 1.54) is 49.5 Å². The van der Waals surface area contributed by atoms with Gasteiger partial charge in [-0.05, 0) is 146 Å². The first-order chi connectivity index (χ1) is 29.2. The highest BCUT2D eigenvalue weighted by molar-refractivity contribution is 6.09. The molecule has 0 radical (unpaired) electrons. The van der Waals surface area contributed by atoms with E-state index in [0.29, 0.717) is 0 Å². The second-order valence-corrected chi connectivity index (χ2v) is 15.4. The molecule has 10 aromatic rings. The lowest BCUT2D eigenvalue weighted by Crippen LogP contribution is -2.13. The first-order valence-electron chi connectivity index (χ1n) is 20.5. The fraction of sp³-hybridized carbons (Fsp3) is 0.0545. The average molecular weight is 759 g/mol. The van der Waals surface area contributed by atoms with Crippen molar-refractivity contribution >= 4 is 72.9 Å². The summed E-state index contributed by atoms with van der Waals surface area (Å²) < 4.78 is 4.80. The summed E-state index contributed by atoms with van der Waals surface area (Å²) in [5.74, 6) is 0. The van der Waals surface area contributed by atoms with Gasteiger partial charge in [0.05, 0.1) is 16.6 Å². The van der Waals surface area contributed by atoms with E-state index < -0.39 is 0 Å². The lowest BCUT2D eigenvalue weighted by Gasteiger charge is -2.29. The molecule has 0 unspecified atom stereocenters. The minimum absolute atomic E-state index is 1.07. The number of rotatable bonds is 8. The third kappa shape index (κ3) is 5.92. The van der Waals surface area contributed by atoms with Crippen LogP contribution in [0.5, 0.6) is 0 Å². The van der Waals surface area contributed by atoms with Crippen molar-refractivity contribution < 1.29 is 0 Å². The fourth-order valence-corrected chi connectivity index (χ4v) is 9.18. The Kier molecular flexibility index (Phi) is 8.48. The number of allylic oxidation sites excluding steroid dienone is 1. The number of nitrogens with zero attached hydrogens (tertiary/aromatic N) is 4. The molecular weight excluding hydrogens is 717 g/mol. The Hall–Kier alpha value is -7.56. The van der Waals surface area contributed by atoms with Crippen LogP contribution in [0.4, 0.5) is 34.1 Å². The van der Waals surface area contributed by atoms with E-state index in [4.69, 9.17) is 0 Å². The zero-order chi connectivity index (χ0) is 39.3. The summed E-state index contributed by atoms with van der Waals surface area (Å²) in [7, 11) is 0. The number of aryl methyl sites for hydroxylation is 2. The van der Waals surface area contributed by atoms with Gasteiger partial charge >= 0.3 is 0 Å². The highest BCUT2D eigenvalue weighted by Crippen LogP contribution is 2.42. The number of benzene rings is 8. The average Bonchev–Trinajstić information content (AvgIpc) is 3.82. The van der Waals surface area contributed by atoms with Gasteiger partial charge in [-0.3, -0.25) is 0 Å². The van der Waals surface area contributed by atoms with Gasteiger partial charge in [-0.15, -0.1) is 0 Å². The smallest absolute Gasteiger partial charge is 0.0541 e. The number of para-hydroxylation sites is 5. The Balaban J connectivity index is 1.03. The minimum Gasteiger partial charge on any atom is -0.310 e. The van der Waals surface area contributed by atoms with Gasteiger partial charge in [0.25, 0.3) is 0 Å². The maximum atomic E-state index is 2.42. The summed E-state index contributed by atoms with van der Waals surface area (Å²) in [6.07, 6.45) is 6.75. The normalized spacial score (nSPS) is 12.3.